The number of anilines is 1. The van der Waals surface area contributed by atoms with Crippen molar-refractivity contribution < 1.29 is 19.5 Å². The minimum absolute atomic E-state index is 0.0486. The maximum Gasteiger partial charge on any atom is 0.306 e. The van der Waals surface area contributed by atoms with Gasteiger partial charge in [0.2, 0.25) is 11.8 Å². The molecule has 1 fully saturated rings. The largest absolute Gasteiger partial charge is 0.481 e. The molecule has 1 saturated carbocycles. The van der Waals surface area contributed by atoms with E-state index in [1.165, 1.54) is 0 Å². The minimum Gasteiger partial charge on any atom is -0.481 e. The van der Waals surface area contributed by atoms with Crippen LogP contribution in [0.1, 0.15) is 44.1 Å². The van der Waals surface area contributed by atoms with E-state index in [4.69, 9.17) is 5.11 Å². The lowest BCUT2D eigenvalue weighted by Gasteiger charge is -2.30. The average Bonchev–Trinajstić information content (AvgIpc) is 2.61. The van der Waals surface area contributed by atoms with Gasteiger partial charge in [-0.1, -0.05) is 18.2 Å². The summed E-state index contributed by atoms with van der Waals surface area (Å²) < 4.78 is 0. The zero-order valence-electron chi connectivity index (χ0n) is 14.2. The van der Waals surface area contributed by atoms with E-state index in [9.17, 15) is 14.4 Å². The monoisotopic (exact) mass is 344 g/mol. The van der Waals surface area contributed by atoms with Crippen LogP contribution in [0.5, 0.6) is 0 Å². The molecule has 1 aliphatic carbocycles. The van der Waals surface area contributed by atoms with Gasteiger partial charge in [0.15, 0.2) is 0 Å². The number of carbonyl (C=O) groups is 3. The highest BCUT2D eigenvalue weighted by molar-refractivity contribution is 5.97. The number of para-hydroxylation sites is 1. The number of aryl methyl sites for hydroxylation is 1. The first-order valence-electron chi connectivity index (χ1n) is 8.95. The summed E-state index contributed by atoms with van der Waals surface area (Å²) in [7, 11) is 0. The molecule has 0 unspecified atom stereocenters. The Morgan fingerprint density at radius 3 is 2.56 bits per heavy atom. The molecule has 0 spiro atoms. The molecule has 6 nitrogen and oxygen atoms in total. The number of carbonyl (C=O) groups excluding carboxylic acids is 2. The van der Waals surface area contributed by atoms with Crippen molar-refractivity contribution in [1.82, 2.24) is 5.32 Å². The molecule has 1 aromatic carbocycles. The lowest BCUT2D eigenvalue weighted by atomic mass is 9.86. The maximum absolute atomic E-state index is 12.2. The molecule has 6 heteroatoms. The zero-order valence-corrected chi connectivity index (χ0v) is 14.2. The number of hydrogen-bond acceptors (Lipinski definition) is 3. The highest BCUT2D eigenvalue weighted by atomic mass is 16.4. The number of rotatable bonds is 5. The van der Waals surface area contributed by atoms with E-state index in [1.54, 1.807) is 4.90 Å². The molecule has 134 valence electrons. The molecule has 2 N–H and O–H groups in total. The smallest absolute Gasteiger partial charge is 0.306 e. The zero-order chi connectivity index (χ0) is 17.8. The van der Waals surface area contributed by atoms with Crippen molar-refractivity contribution in [3.8, 4) is 0 Å². The second-order valence-electron chi connectivity index (χ2n) is 6.88. The Balaban J connectivity index is 1.50. The molecule has 0 saturated heterocycles. The van der Waals surface area contributed by atoms with Crippen LogP contribution in [0.3, 0.4) is 0 Å². The average molecular weight is 344 g/mol. The van der Waals surface area contributed by atoms with Gasteiger partial charge in [-0.15, -0.1) is 0 Å². The van der Waals surface area contributed by atoms with E-state index in [1.807, 2.05) is 24.3 Å². The standard InChI is InChI=1S/C19H24N2O4/c22-17(20-15-8-5-14(6-9-15)19(24)25)11-12-21-16-4-2-1-3-13(16)7-10-18(21)23/h1-4,14-15H,5-12H2,(H,20,22)(H,24,25). The third-order valence-electron chi connectivity index (χ3n) is 5.20. The van der Waals surface area contributed by atoms with E-state index in [2.05, 4.69) is 5.32 Å². The number of nitrogens with one attached hydrogen (secondary N) is 1. The highest BCUT2D eigenvalue weighted by Gasteiger charge is 2.27. The molecule has 1 aromatic rings. The molecule has 1 aliphatic heterocycles. The molecule has 2 amide bonds. The quantitative estimate of drug-likeness (QED) is 0.856. The molecule has 1 heterocycles. The topological polar surface area (TPSA) is 86.7 Å². The van der Waals surface area contributed by atoms with Gasteiger partial charge < -0.3 is 15.3 Å². The minimum atomic E-state index is -0.743. The van der Waals surface area contributed by atoms with Gasteiger partial charge in [-0.05, 0) is 43.7 Å². The van der Waals surface area contributed by atoms with Crippen molar-refractivity contribution in [3.63, 3.8) is 0 Å². The number of aliphatic carboxylic acids is 1. The summed E-state index contributed by atoms with van der Waals surface area (Å²) in [4.78, 5) is 37.1. The number of nitrogens with zero attached hydrogens (tertiary/aromatic N) is 1. The summed E-state index contributed by atoms with van der Waals surface area (Å²) in [5.74, 6) is -1.04. The van der Waals surface area contributed by atoms with Gasteiger partial charge in [0.1, 0.15) is 0 Å². The Kier molecular flexibility index (Phi) is 5.36. The molecule has 2 aliphatic rings. The van der Waals surface area contributed by atoms with Crippen molar-refractivity contribution in [2.45, 2.75) is 51.0 Å². The van der Waals surface area contributed by atoms with Crippen LogP contribution in [0.2, 0.25) is 0 Å². The second-order valence-corrected chi connectivity index (χ2v) is 6.88. The van der Waals surface area contributed by atoms with Gasteiger partial charge in [-0.3, -0.25) is 14.4 Å². The van der Waals surface area contributed by atoms with Gasteiger partial charge >= 0.3 is 5.97 Å². The van der Waals surface area contributed by atoms with E-state index in [-0.39, 0.29) is 30.2 Å². The molecular formula is C19H24N2O4. The normalized spacial score (nSPS) is 23.0. The summed E-state index contributed by atoms with van der Waals surface area (Å²) >= 11 is 0. The van der Waals surface area contributed by atoms with Crippen LogP contribution in [0.15, 0.2) is 24.3 Å². The fraction of sp³-hybridized carbons (Fsp3) is 0.526. The first kappa shape index (κ1) is 17.5. The lowest BCUT2D eigenvalue weighted by Crippen LogP contribution is -2.42. The Hall–Kier alpha value is -2.37. The van der Waals surface area contributed by atoms with Crippen LogP contribution in [-0.2, 0) is 20.8 Å². The van der Waals surface area contributed by atoms with Crippen LogP contribution >= 0.6 is 0 Å². The molecule has 3 rings (SSSR count). The Morgan fingerprint density at radius 1 is 1.12 bits per heavy atom. The molecular weight excluding hydrogens is 320 g/mol. The summed E-state index contributed by atoms with van der Waals surface area (Å²) in [6.07, 6.45) is 4.13. The summed E-state index contributed by atoms with van der Waals surface area (Å²) in [5.41, 5.74) is 2.06. The molecule has 0 radical (unpaired) electrons. The van der Waals surface area contributed by atoms with Crippen molar-refractivity contribution in [3.05, 3.63) is 29.8 Å². The van der Waals surface area contributed by atoms with Gasteiger partial charge in [0.05, 0.1) is 5.92 Å². The first-order chi connectivity index (χ1) is 12.0. The highest BCUT2D eigenvalue weighted by Crippen LogP contribution is 2.28. The van der Waals surface area contributed by atoms with E-state index in [0.29, 0.717) is 38.6 Å². The third-order valence-corrected chi connectivity index (χ3v) is 5.20. The lowest BCUT2D eigenvalue weighted by molar-refractivity contribution is -0.142. The van der Waals surface area contributed by atoms with Gasteiger partial charge in [-0.25, -0.2) is 0 Å². The fourth-order valence-electron chi connectivity index (χ4n) is 3.74. The van der Waals surface area contributed by atoms with Crippen LogP contribution in [0.25, 0.3) is 0 Å². The van der Waals surface area contributed by atoms with Crippen LogP contribution < -0.4 is 10.2 Å². The molecule has 0 bridgehead atoms. The molecule has 25 heavy (non-hydrogen) atoms. The predicted molar refractivity (Wildman–Crippen MR) is 93.3 cm³/mol. The SMILES string of the molecule is O=C(CCN1C(=O)CCc2ccccc21)NC1CCC(C(=O)O)CC1. The van der Waals surface area contributed by atoms with Crippen LogP contribution in [0, 0.1) is 5.92 Å². The maximum atomic E-state index is 12.2. The molecule has 0 atom stereocenters. The summed E-state index contributed by atoms with van der Waals surface area (Å²) in [6, 6.07) is 7.87. The Bertz CT molecular complexity index is 665. The van der Waals surface area contributed by atoms with E-state index < -0.39 is 5.97 Å². The van der Waals surface area contributed by atoms with Crippen molar-refractivity contribution >= 4 is 23.5 Å². The van der Waals surface area contributed by atoms with Crippen LogP contribution in [0.4, 0.5) is 5.69 Å². The number of carboxylic acids is 1. The van der Waals surface area contributed by atoms with Crippen LogP contribution in [-0.4, -0.2) is 35.5 Å². The van der Waals surface area contributed by atoms with Gasteiger partial charge in [0.25, 0.3) is 0 Å². The van der Waals surface area contributed by atoms with Gasteiger partial charge in [0, 0.05) is 31.1 Å². The third kappa shape index (κ3) is 4.18. The fourth-order valence-corrected chi connectivity index (χ4v) is 3.74. The van der Waals surface area contributed by atoms with Gasteiger partial charge in [-0.2, -0.15) is 0 Å². The molecule has 0 aromatic heterocycles. The summed E-state index contributed by atoms with van der Waals surface area (Å²) in [6.45, 7) is 0.381. The number of hydrogen-bond donors (Lipinski definition) is 2. The van der Waals surface area contributed by atoms with Crippen molar-refractivity contribution in [1.29, 1.82) is 0 Å². The Morgan fingerprint density at radius 2 is 1.84 bits per heavy atom. The summed E-state index contributed by atoms with van der Waals surface area (Å²) in [5, 5.41) is 12.0. The number of amides is 2. The second kappa shape index (κ2) is 7.68. The predicted octanol–water partition coefficient (Wildman–Crippen LogP) is 2.12. The first-order valence-corrected chi connectivity index (χ1v) is 8.95. The van der Waals surface area contributed by atoms with Crippen molar-refractivity contribution in [2.75, 3.05) is 11.4 Å². The number of carboxylic acid groups (broad SMARTS) is 1. The number of fused-ring (bicyclic) bond motifs is 1. The van der Waals surface area contributed by atoms with E-state index >= 15 is 0 Å². The number of benzene rings is 1. The Labute approximate surface area is 147 Å². The van der Waals surface area contributed by atoms with Crippen molar-refractivity contribution in [2.24, 2.45) is 5.92 Å². The van der Waals surface area contributed by atoms with E-state index in [0.717, 1.165) is 17.7 Å².